The van der Waals surface area contributed by atoms with Gasteiger partial charge in [-0.1, -0.05) is 0 Å². The van der Waals surface area contributed by atoms with Crippen LogP contribution in [0.2, 0.25) is 0 Å². The molecule has 0 saturated carbocycles. The Bertz CT molecular complexity index is 314. The Morgan fingerprint density at radius 2 is 2.25 bits per heavy atom. The molecule has 1 aromatic heterocycles. The van der Waals surface area contributed by atoms with E-state index in [1.54, 1.807) is 18.3 Å². The highest BCUT2D eigenvalue weighted by atomic mass is 16.4. The van der Waals surface area contributed by atoms with Gasteiger partial charge in [0.15, 0.2) is 5.78 Å². The highest BCUT2D eigenvalue weighted by Crippen LogP contribution is 2.02. The molecule has 0 aliphatic heterocycles. The molecule has 0 radical (unpaired) electrons. The summed E-state index contributed by atoms with van der Waals surface area (Å²) in [6, 6.07) is 3.25. The molecule has 4 heteroatoms. The summed E-state index contributed by atoms with van der Waals surface area (Å²) in [5, 5.41) is 8.46. The van der Waals surface area contributed by atoms with Crippen molar-refractivity contribution in [2.75, 3.05) is 0 Å². The molecule has 0 unspecified atom stereocenters. The number of ketones is 1. The summed E-state index contributed by atoms with van der Waals surface area (Å²) < 4.78 is 1.41. The van der Waals surface area contributed by atoms with Crippen LogP contribution in [-0.4, -0.2) is 21.4 Å². The zero-order chi connectivity index (χ0) is 9.14. The van der Waals surface area contributed by atoms with Crippen LogP contribution >= 0.6 is 0 Å². The Hall–Kier alpha value is -1.58. The minimum Gasteiger partial charge on any atom is -0.480 e. The summed E-state index contributed by atoms with van der Waals surface area (Å²) in [6.07, 6.45) is 1.57. The van der Waals surface area contributed by atoms with Gasteiger partial charge in [0.25, 0.3) is 0 Å². The van der Waals surface area contributed by atoms with E-state index < -0.39 is 5.97 Å². The Balaban J connectivity index is 2.91. The van der Waals surface area contributed by atoms with E-state index >= 15 is 0 Å². The van der Waals surface area contributed by atoms with Gasteiger partial charge in [-0.2, -0.15) is 0 Å². The third-order valence-electron chi connectivity index (χ3n) is 1.50. The Morgan fingerprint density at radius 3 is 2.75 bits per heavy atom. The summed E-state index contributed by atoms with van der Waals surface area (Å²) >= 11 is 0. The molecule has 0 fully saturated rings. The number of aliphatic carboxylic acids is 1. The Labute approximate surface area is 69.4 Å². The predicted molar refractivity (Wildman–Crippen MR) is 42.1 cm³/mol. The minimum atomic E-state index is -0.950. The predicted octanol–water partition coefficient (Wildman–Crippen LogP) is 0.775. The van der Waals surface area contributed by atoms with Crippen LogP contribution in [0.4, 0.5) is 0 Å². The van der Waals surface area contributed by atoms with E-state index in [1.807, 2.05) is 0 Å². The molecule has 1 aromatic rings. The second-order valence-corrected chi connectivity index (χ2v) is 2.47. The number of carbonyl (C=O) groups excluding carboxylic acids is 1. The topological polar surface area (TPSA) is 59.3 Å². The van der Waals surface area contributed by atoms with Crippen LogP contribution in [0.1, 0.15) is 17.4 Å². The second-order valence-electron chi connectivity index (χ2n) is 2.47. The molecule has 0 spiro atoms. The van der Waals surface area contributed by atoms with Crippen LogP contribution in [0.3, 0.4) is 0 Å². The molecule has 1 rings (SSSR count). The normalized spacial score (nSPS) is 9.75. The maximum atomic E-state index is 10.9. The van der Waals surface area contributed by atoms with Gasteiger partial charge in [0.05, 0.1) is 5.69 Å². The van der Waals surface area contributed by atoms with E-state index in [4.69, 9.17) is 5.11 Å². The lowest BCUT2D eigenvalue weighted by Gasteiger charge is -2.01. The number of aromatic nitrogens is 1. The van der Waals surface area contributed by atoms with Crippen molar-refractivity contribution in [2.45, 2.75) is 13.5 Å². The number of hydrogen-bond acceptors (Lipinski definition) is 2. The van der Waals surface area contributed by atoms with Crippen LogP contribution in [-0.2, 0) is 11.3 Å². The first-order valence-electron chi connectivity index (χ1n) is 3.49. The van der Waals surface area contributed by atoms with Gasteiger partial charge in [-0.15, -0.1) is 0 Å². The molecule has 0 atom stereocenters. The number of carbonyl (C=O) groups is 2. The maximum absolute atomic E-state index is 10.9. The van der Waals surface area contributed by atoms with E-state index in [2.05, 4.69) is 0 Å². The maximum Gasteiger partial charge on any atom is 0.323 e. The lowest BCUT2D eigenvalue weighted by Crippen LogP contribution is -2.12. The molecule has 64 valence electrons. The van der Waals surface area contributed by atoms with Crippen molar-refractivity contribution in [3.63, 3.8) is 0 Å². The molecule has 12 heavy (non-hydrogen) atoms. The first kappa shape index (κ1) is 8.52. The summed E-state index contributed by atoms with van der Waals surface area (Å²) in [5.41, 5.74) is 0.428. The lowest BCUT2D eigenvalue weighted by atomic mass is 10.3. The number of hydrogen-bond donors (Lipinski definition) is 1. The van der Waals surface area contributed by atoms with Crippen molar-refractivity contribution in [3.05, 3.63) is 24.0 Å². The molecular formula is C8H9NO3. The van der Waals surface area contributed by atoms with E-state index in [0.717, 1.165) is 0 Å². The smallest absolute Gasteiger partial charge is 0.323 e. The second kappa shape index (κ2) is 3.21. The highest BCUT2D eigenvalue weighted by molar-refractivity contribution is 5.92. The molecular weight excluding hydrogens is 158 g/mol. The zero-order valence-corrected chi connectivity index (χ0v) is 6.65. The molecule has 0 bridgehead atoms. The summed E-state index contributed by atoms with van der Waals surface area (Å²) in [5.74, 6) is -1.07. The summed E-state index contributed by atoms with van der Waals surface area (Å²) in [7, 11) is 0. The molecule has 4 nitrogen and oxygen atoms in total. The van der Waals surface area contributed by atoms with Crippen molar-refractivity contribution >= 4 is 11.8 Å². The summed E-state index contributed by atoms with van der Waals surface area (Å²) in [4.78, 5) is 21.2. The van der Waals surface area contributed by atoms with Gasteiger partial charge < -0.3 is 9.67 Å². The molecule has 0 aromatic carbocycles. The largest absolute Gasteiger partial charge is 0.480 e. The monoisotopic (exact) mass is 167 g/mol. The molecule has 0 aliphatic rings. The Morgan fingerprint density at radius 1 is 1.58 bits per heavy atom. The number of nitrogens with zero attached hydrogens (tertiary/aromatic N) is 1. The fraction of sp³-hybridized carbons (Fsp3) is 0.250. The third-order valence-corrected chi connectivity index (χ3v) is 1.50. The number of carboxylic acids is 1. The van der Waals surface area contributed by atoms with Gasteiger partial charge in [-0.05, 0) is 12.1 Å². The van der Waals surface area contributed by atoms with Crippen molar-refractivity contribution < 1.29 is 14.7 Å². The highest BCUT2D eigenvalue weighted by Gasteiger charge is 2.07. The van der Waals surface area contributed by atoms with E-state index in [-0.39, 0.29) is 12.3 Å². The van der Waals surface area contributed by atoms with E-state index in [0.29, 0.717) is 5.69 Å². The minimum absolute atomic E-state index is 0.124. The van der Waals surface area contributed by atoms with Gasteiger partial charge in [0, 0.05) is 13.1 Å². The van der Waals surface area contributed by atoms with Crippen LogP contribution < -0.4 is 0 Å². The Kier molecular flexibility index (Phi) is 2.28. The zero-order valence-electron chi connectivity index (χ0n) is 6.65. The first-order chi connectivity index (χ1) is 5.61. The van der Waals surface area contributed by atoms with Gasteiger partial charge in [-0.25, -0.2) is 0 Å². The SMILES string of the molecule is CC(=O)c1cccn1CC(=O)O. The van der Waals surface area contributed by atoms with Crippen LogP contribution in [0.5, 0.6) is 0 Å². The van der Waals surface area contributed by atoms with Gasteiger partial charge in [-0.3, -0.25) is 9.59 Å². The lowest BCUT2D eigenvalue weighted by molar-refractivity contribution is -0.137. The first-order valence-corrected chi connectivity index (χ1v) is 3.49. The van der Waals surface area contributed by atoms with Gasteiger partial charge >= 0.3 is 5.97 Å². The average molecular weight is 167 g/mol. The average Bonchev–Trinajstić information content (AvgIpc) is 2.33. The van der Waals surface area contributed by atoms with Gasteiger partial charge in [0.2, 0.25) is 0 Å². The quantitative estimate of drug-likeness (QED) is 0.676. The van der Waals surface area contributed by atoms with Crippen molar-refractivity contribution in [3.8, 4) is 0 Å². The summed E-state index contributed by atoms with van der Waals surface area (Å²) in [6.45, 7) is 1.25. The van der Waals surface area contributed by atoms with Crippen LogP contribution in [0.25, 0.3) is 0 Å². The molecule has 0 saturated heterocycles. The van der Waals surface area contributed by atoms with E-state index in [1.165, 1.54) is 11.5 Å². The van der Waals surface area contributed by atoms with Crippen LogP contribution in [0.15, 0.2) is 18.3 Å². The molecule has 1 heterocycles. The molecule has 1 N–H and O–H groups in total. The standard InChI is InChI=1S/C8H9NO3/c1-6(10)7-3-2-4-9(7)5-8(11)12/h2-4H,5H2,1H3,(H,11,12). The molecule has 0 amide bonds. The van der Waals surface area contributed by atoms with Crippen LogP contribution in [0, 0.1) is 0 Å². The number of carboxylic acid groups (broad SMARTS) is 1. The number of Topliss-reactive ketones (excluding diaryl/α,β-unsaturated/α-hetero) is 1. The molecule has 0 aliphatic carbocycles. The number of rotatable bonds is 3. The van der Waals surface area contributed by atoms with Crippen molar-refractivity contribution in [1.29, 1.82) is 0 Å². The third kappa shape index (κ3) is 1.72. The van der Waals surface area contributed by atoms with Crippen molar-refractivity contribution in [1.82, 2.24) is 4.57 Å². The van der Waals surface area contributed by atoms with E-state index in [9.17, 15) is 9.59 Å². The van der Waals surface area contributed by atoms with Crippen molar-refractivity contribution in [2.24, 2.45) is 0 Å². The fourth-order valence-electron chi connectivity index (χ4n) is 1.02. The van der Waals surface area contributed by atoms with Gasteiger partial charge in [0.1, 0.15) is 6.54 Å². The fourth-order valence-corrected chi connectivity index (χ4v) is 1.02.